The van der Waals surface area contributed by atoms with E-state index in [4.69, 9.17) is 9.47 Å². The minimum Gasteiger partial charge on any atom is -0.480 e. The van der Waals surface area contributed by atoms with Crippen molar-refractivity contribution < 1.29 is 31.1 Å². The van der Waals surface area contributed by atoms with E-state index in [0.29, 0.717) is 28.1 Å². The molecule has 5 rings (SSSR count). The number of alkyl halides is 2. The number of nitrogens with one attached hydrogen (secondary N) is 1. The lowest BCUT2D eigenvalue weighted by Gasteiger charge is -2.31. The Morgan fingerprint density at radius 3 is 2.39 bits per heavy atom. The number of anilines is 1. The Kier molecular flexibility index (Phi) is 6.09. The van der Waals surface area contributed by atoms with E-state index < -0.39 is 22.7 Å². The van der Waals surface area contributed by atoms with E-state index in [2.05, 4.69) is 4.72 Å². The standard InChI is InChI=1S/C27H20F3NO4S/c1-36(32,33)31-20-12-13-21-22(15-20)26(34-23-6-3-7-24(25(21)23)35-27(29)30)18-5-2-4-17(14-18)16-8-10-19(28)11-9-16/h2-15,26-27,31H,1H3. The van der Waals surface area contributed by atoms with Crippen LogP contribution in [-0.4, -0.2) is 21.3 Å². The summed E-state index contributed by atoms with van der Waals surface area (Å²) in [5, 5.41) is 0. The zero-order valence-corrected chi connectivity index (χ0v) is 19.7. The van der Waals surface area contributed by atoms with Crippen LogP contribution in [0.4, 0.5) is 18.9 Å². The molecule has 0 amide bonds. The number of hydrogen-bond acceptors (Lipinski definition) is 4. The third-order valence-corrected chi connectivity index (χ3v) is 6.33. The third kappa shape index (κ3) is 4.87. The van der Waals surface area contributed by atoms with E-state index in [-0.39, 0.29) is 11.6 Å². The van der Waals surface area contributed by atoms with Crippen molar-refractivity contribution in [3.8, 4) is 33.8 Å². The first kappa shape index (κ1) is 23.7. The molecule has 184 valence electrons. The van der Waals surface area contributed by atoms with E-state index in [1.807, 2.05) is 24.3 Å². The summed E-state index contributed by atoms with van der Waals surface area (Å²) >= 11 is 0. The molecule has 1 aliphatic rings. The van der Waals surface area contributed by atoms with E-state index in [0.717, 1.165) is 22.9 Å². The summed E-state index contributed by atoms with van der Waals surface area (Å²) in [6.07, 6.45) is 0.354. The minimum atomic E-state index is -3.56. The second kappa shape index (κ2) is 9.23. The summed E-state index contributed by atoms with van der Waals surface area (Å²) in [6.45, 7) is -3.03. The van der Waals surface area contributed by atoms with Crippen molar-refractivity contribution in [3.05, 3.63) is 102 Å². The maximum absolute atomic E-state index is 13.4. The quantitative estimate of drug-likeness (QED) is 0.316. The van der Waals surface area contributed by atoms with Gasteiger partial charge in [0.05, 0.1) is 11.8 Å². The zero-order valence-electron chi connectivity index (χ0n) is 18.9. The first-order valence-corrected chi connectivity index (χ1v) is 12.8. The summed E-state index contributed by atoms with van der Waals surface area (Å²) in [6, 6.07) is 23.0. The van der Waals surface area contributed by atoms with Gasteiger partial charge in [-0.2, -0.15) is 8.78 Å². The van der Waals surface area contributed by atoms with E-state index >= 15 is 0 Å². The molecule has 1 atom stereocenters. The highest BCUT2D eigenvalue weighted by molar-refractivity contribution is 7.92. The van der Waals surface area contributed by atoms with Gasteiger partial charge in [-0.3, -0.25) is 4.72 Å². The molecule has 0 aromatic heterocycles. The number of fused-ring (bicyclic) bond motifs is 3. The molecular formula is C27H20F3NO4S. The van der Waals surface area contributed by atoms with Gasteiger partial charge in [-0.15, -0.1) is 0 Å². The molecule has 1 unspecified atom stereocenters. The van der Waals surface area contributed by atoms with Crippen molar-refractivity contribution >= 4 is 15.7 Å². The first-order chi connectivity index (χ1) is 17.2. The smallest absolute Gasteiger partial charge is 0.387 e. The molecule has 0 radical (unpaired) electrons. The fraction of sp³-hybridized carbons (Fsp3) is 0.111. The molecule has 1 N–H and O–H groups in total. The van der Waals surface area contributed by atoms with Crippen LogP contribution >= 0.6 is 0 Å². The van der Waals surface area contributed by atoms with Crippen molar-refractivity contribution in [2.75, 3.05) is 11.0 Å². The van der Waals surface area contributed by atoms with Crippen LogP contribution in [0.1, 0.15) is 17.2 Å². The normalized spacial score (nSPS) is 14.5. The number of rotatable bonds is 6. The first-order valence-electron chi connectivity index (χ1n) is 10.9. The predicted octanol–water partition coefficient (Wildman–Crippen LogP) is 6.61. The van der Waals surface area contributed by atoms with Crippen LogP contribution in [0.15, 0.2) is 84.9 Å². The molecule has 9 heteroatoms. The van der Waals surface area contributed by atoms with Crippen LogP contribution in [0.2, 0.25) is 0 Å². The van der Waals surface area contributed by atoms with Gasteiger partial charge in [-0.05, 0) is 64.7 Å². The molecule has 0 saturated heterocycles. The highest BCUT2D eigenvalue weighted by Crippen LogP contribution is 2.50. The number of sulfonamides is 1. The van der Waals surface area contributed by atoms with Gasteiger partial charge < -0.3 is 9.47 Å². The van der Waals surface area contributed by atoms with Gasteiger partial charge in [-0.25, -0.2) is 12.8 Å². The van der Waals surface area contributed by atoms with Crippen molar-refractivity contribution in [2.24, 2.45) is 0 Å². The molecule has 4 aromatic carbocycles. The Labute approximate surface area is 206 Å². The van der Waals surface area contributed by atoms with E-state index in [1.165, 1.54) is 18.2 Å². The highest BCUT2D eigenvalue weighted by atomic mass is 32.2. The second-order valence-electron chi connectivity index (χ2n) is 8.31. The van der Waals surface area contributed by atoms with Gasteiger partial charge in [-0.1, -0.05) is 42.5 Å². The van der Waals surface area contributed by atoms with E-state index in [9.17, 15) is 21.6 Å². The highest BCUT2D eigenvalue weighted by Gasteiger charge is 2.31. The predicted molar refractivity (Wildman–Crippen MR) is 131 cm³/mol. The van der Waals surface area contributed by atoms with Crippen LogP contribution < -0.4 is 14.2 Å². The molecule has 1 heterocycles. The van der Waals surface area contributed by atoms with Crippen LogP contribution in [0.25, 0.3) is 22.3 Å². The van der Waals surface area contributed by atoms with Crippen molar-refractivity contribution in [1.82, 2.24) is 0 Å². The lowest BCUT2D eigenvalue weighted by molar-refractivity contribution is -0.0496. The van der Waals surface area contributed by atoms with Crippen LogP contribution in [0.5, 0.6) is 11.5 Å². The molecule has 36 heavy (non-hydrogen) atoms. The number of hydrogen-bond donors (Lipinski definition) is 1. The van der Waals surface area contributed by atoms with Gasteiger partial charge in [0, 0.05) is 11.3 Å². The molecule has 0 spiro atoms. The molecule has 0 saturated carbocycles. The fourth-order valence-electron chi connectivity index (χ4n) is 4.32. The monoisotopic (exact) mass is 511 g/mol. The third-order valence-electron chi connectivity index (χ3n) is 5.72. The maximum Gasteiger partial charge on any atom is 0.387 e. The van der Waals surface area contributed by atoms with Crippen molar-refractivity contribution in [2.45, 2.75) is 12.7 Å². The van der Waals surface area contributed by atoms with Gasteiger partial charge in [0.15, 0.2) is 0 Å². The lowest BCUT2D eigenvalue weighted by atomic mass is 9.88. The molecular weight excluding hydrogens is 491 g/mol. The summed E-state index contributed by atoms with van der Waals surface area (Å²) in [5.74, 6) is -0.0449. The summed E-state index contributed by atoms with van der Waals surface area (Å²) < 4.78 is 76.9. The maximum atomic E-state index is 13.4. The molecule has 4 aromatic rings. The van der Waals surface area contributed by atoms with Gasteiger partial charge in [0.1, 0.15) is 23.4 Å². The Morgan fingerprint density at radius 1 is 0.917 bits per heavy atom. The molecule has 0 aliphatic carbocycles. The topological polar surface area (TPSA) is 64.6 Å². The van der Waals surface area contributed by atoms with Crippen LogP contribution in [0, 0.1) is 5.82 Å². The van der Waals surface area contributed by atoms with Gasteiger partial charge >= 0.3 is 6.61 Å². The zero-order chi connectivity index (χ0) is 25.4. The fourth-order valence-corrected chi connectivity index (χ4v) is 4.87. The Hall–Kier alpha value is -3.98. The summed E-state index contributed by atoms with van der Waals surface area (Å²) in [5.41, 5.74) is 4.15. The van der Waals surface area contributed by atoms with Gasteiger partial charge in [0.2, 0.25) is 10.0 Å². The average molecular weight is 512 g/mol. The van der Waals surface area contributed by atoms with Crippen molar-refractivity contribution in [3.63, 3.8) is 0 Å². The van der Waals surface area contributed by atoms with Crippen LogP contribution in [-0.2, 0) is 10.0 Å². The van der Waals surface area contributed by atoms with Crippen molar-refractivity contribution in [1.29, 1.82) is 0 Å². The average Bonchev–Trinajstić information content (AvgIpc) is 2.83. The number of benzene rings is 4. The summed E-state index contributed by atoms with van der Waals surface area (Å²) in [4.78, 5) is 0. The molecule has 5 nitrogen and oxygen atoms in total. The van der Waals surface area contributed by atoms with Crippen LogP contribution in [0.3, 0.4) is 0 Å². The summed E-state index contributed by atoms with van der Waals surface area (Å²) in [7, 11) is -3.56. The minimum absolute atomic E-state index is 0.0499. The SMILES string of the molecule is CS(=O)(=O)Nc1ccc2c(c1)C(c1cccc(-c3ccc(F)cc3)c1)Oc1cccc(OC(F)F)c1-2. The number of ether oxygens (including phenoxy) is 2. The molecule has 0 bridgehead atoms. The molecule has 0 fully saturated rings. The Morgan fingerprint density at radius 2 is 1.67 bits per heavy atom. The Bertz CT molecular complexity index is 1540. The molecule has 1 aliphatic heterocycles. The lowest BCUT2D eigenvalue weighted by Crippen LogP contribution is -2.18. The largest absolute Gasteiger partial charge is 0.480 e. The van der Waals surface area contributed by atoms with Gasteiger partial charge in [0.25, 0.3) is 0 Å². The second-order valence-corrected chi connectivity index (χ2v) is 10.1. The van der Waals surface area contributed by atoms with E-state index in [1.54, 1.807) is 42.5 Å². The number of halogens is 3. The Balaban J connectivity index is 1.66.